The minimum absolute atomic E-state index is 0.370. The number of hydrogen-bond donors (Lipinski definition) is 1. The van der Waals surface area contributed by atoms with Crippen molar-refractivity contribution < 1.29 is 9.90 Å². The van der Waals surface area contributed by atoms with Gasteiger partial charge in [0.25, 0.3) is 0 Å². The van der Waals surface area contributed by atoms with Gasteiger partial charge in [0.05, 0.1) is 5.69 Å². The second-order valence-electron chi connectivity index (χ2n) is 3.01. The molecule has 1 rings (SSSR count). The predicted octanol–water partition coefficient (Wildman–Crippen LogP) is 2.83. The van der Waals surface area contributed by atoms with Crippen LogP contribution >= 0.6 is 23.4 Å². The van der Waals surface area contributed by atoms with Crippen LogP contribution in [0.2, 0.25) is 5.02 Å². The van der Waals surface area contributed by atoms with E-state index in [-0.39, 0.29) is 5.25 Å². The first kappa shape index (κ1) is 12.3. The molecular weight excluding hydrogens is 234 g/mol. The first-order valence-corrected chi connectivity index (χ1v) is 6.01. The van der Waals surface area contributed by atoms with Gasteiger partial charge in [0.1, 0.15) is 5.25 Å². The molecule has 0 aliphatic rings. The zero-order valence-electron chi connectivity index (χ0n) is 8.31. The van der Waals surface area contributed by atoms with Gasteiger partial charge in [0.2, 0.25) is 0 Å². The third-order valence-corrected chi connectivity index (χ3v) is 3.49. The molecule has 3 nitrogen and oxygen atoms in total. The number of halogens is 1. The maximum absolute atomic E-state index is 10.8. The number of thioether (sulfide) groups is 1. The zero-order valence-corrected chi connectivity index (χ0v) is 9.88. The monoisotopic (exact) mass is 245 g/mol. The molecule has 15 heavy (non-hydrogen) atoms. The minimum atomic E-state index is -0.774. The number of hydrogen-bond acceptors (Lipinski definition) is 3. The van der Waals surface area contributed by atoms with Crippen LogP contribution in [0.5, 0.6) is 0 Å². The predicted molar refractivity (Wildman–Crippen MR) is 62.3 cm³/mol. The van der Waals surface area contributed by atoms with Crippen LogP contribution in [0.15, 0.2) is 18.3 Å². The van der Waals surface area contributed by atoms with Gasteiger partial charge >= 0.3 is 5.97 Å². The number of carboxylic acid groups (broad SMARTS) is 1. The topological polar surface area (TPSA) is 50.2 Å². The van der Waals surface area contributed by atoms with Crippen LogP contribution in [0.3, 0.4) is 0 Å². The van der Waals surface area contributed by atoms with E-state index in [4.69, 9.17) is 16.7 Å². The van der Waals surface area contributed by atoms with Crippen molar-refractivity contribution in [2.45, 2.75) is 24.3 Å². The molecule has 0 aliphatic carbocycles. The van der Waals surface area contributed by atoms with Crippen molar-refractivity contribution in [2.24, 2.45) is 0 Å². The number of aliphatic carboxylic acids is 1. The Morgan fingerprint density at radius 3 is 3.00 bits per heavy atom. The smallest absolute Gasteiger partial charge is 0.316 e. The highest BCUT2D eigenvalue weighted by molar-refractivity contribution is 7.99. The fraction of sp³-hybridized carbons (Fsp3) is 0.400. The Hall–Kier alpha value is -0.740. The molecule has 0 aliphatic heterocycles. The van der Waals surface area contributed by atoms with E-state index in [2.05, 4.69) is 4.98 Å². The minimum Gasteiger partial charge on any atom is -0.480 e. The molecule has 0 aromatic carbocycles. The van der Waals surface area contributed by atoms with E-state index in [1.165, 1.54) is 11.8 Å². The lowest BCUT2D eigenvalue weighted by Crippen LogP contribution is -2.15. The average molecular weight is 246 g/mol. The van der Waals surface area contributed by atoms with E-state index in [0.717, 1.165) is 5.69 Å². The molecule has 1 aromatic rings. The molecule has 0 saturated carbocycles. The first-order valence-electron chi connectivity index (χ1n) is 4.58. The fourth-order valence-electron chi connectivity index (χ4n) is 1.08. The number of carbonyl (C=O) groups is 1. The van der Waals surface area contributed by atoms with E-state index >= 15 is 0 Å². The Kier molecular flexibility index (Phi) is 4.91. The van der Waals surface area contributed by atoms with Crippen molar-refractivity contribution >= 4 is 29.3 Å². The van der Waals surface area contributed by atoms with Crippen molar-refractivity contribution in [2.75, 3.05) is 0 Å². The van der Waals surface area contributed by atoms with Gasteiger partial charge in [-0.3, -0.25) is 9.78 Å². The van der Waals surface area contributed by atoms with Crippen LogP contribution in [0, 0.1) is 0 Å². The summed E-state index contributed by atoms with van der Waals surface area (Å²) in [5.41, 5.74) is 0.812. The quantitative estimate of drug-likeness (QED) is 0.867. The molecular formula is C10H12ClNO2S. The third-order valence-electron chi connectivity index (χ3n) is 1.86. The molecule has 1 unspecified atom stereocenters. The number of carboxylic acids is 1. The van der Waals surface area contributed by atoms with E-state index < -0.39 is 5.97 Å². The summed E-state index contributed by atoms with van der Waals surface area (Å²) in [5.74, 6) is -0.199. The van der Waals surface area contributed by atoms with Crippen molar-refractivity contribution in [1.29, 1.82) is 0 Å². The van der Waals surface area contributed by atoms with E-state index in [1.807, 2.05) is 6.92 Å². The molecule has 0 spiro atoms. The molecule has 0 amide bonds. The average Bonchev–Trinajstić information content (AvgIpc) is 2.18. The van der Waals surface area contributed by atoms with Gasteiger partial charge in [0, 0.05) is 17.0 Å². The Morgan fingerprint density at radius 1 is 1.73 bits per heavy atom. The molecule has 5 heteroatoms. The molecule has 0 fully saturated rings. The standard InChI is InChI=1S/C10H12ClNO2S/c1-2-9(10(13)14)15-6-8-5-7(11)3-4-12-8/h3-5,9H,2,6H2,1H3,(H,13,14). The normalized spacial score (nSPS) is 12.4. The molecule has 0 radical (unpaired) electrons. The van der Waals surface area contributed by atoms with Gasteiger partial charge in [-0.2, -0.15) is 0 Å². The molecule has 1 aromatic heterocycles. The molecule has 1 N–H and O–H groups in total. The van der Waals surface area contributed by atoms with E-state index in [0.29, 0.717) is 17.2 Å². The van der Waals surface area contributed by atoms with Gasteiger partial charge in [-0.1, -0.05) is 18.5 Å². The molecule has 0 bridgehead atoms. The number of pyridine rings is 1. The summed E-state index contributed by atoms with van der Waals surface area (Å²) in [5, 5.41) is 9.10. The number of nitrogens with zero attached hydrogens (tertiary/aromatic N) is 1. The Bertz CT molecular complexity index is 346. The van der Waals surface area contributed by atoms with Crippen LogP contribution in [0.4, 0.5) is 0 Å². The lowest BCUT2D eigenvalue weighted by molar-refractivity contribution is -0.136. The SMILES string of the molecule is CCC(SCc1cc(Cl)ccn1)C(=O)O. The van der Waals surface area contributed by atoms with Crippen LogP contribution < -0.4 is 0 Å². The van der Waals surface area contributed by atoms with Crippen LogP contribution in [0.1, 0.15) is 19.0 Å². The second-order valence-corrected chi connectivity index (χ2v) is 4.64. The summed E-state index contributed by atoms with van der Waals surface area (Å²) in [4.78, 5) is 14.9. The summed E-state index contributed by atoms with van der Waals surface area (Å²) in [6, 6.07) is 3.45. The van der Waals surface area contributed by atoms with Gasteiger partial charge in [-0.25, -0.2) is 0 Å². The Balaban J connectivity index is 2.52. The van der Waals surface area contributed by atoms with Gasteiger partial charge < -0.3 is 5.11 Å². The lowest BCUT2D eigenvalue weighted by atomic mass is 10.3. The van der Waals surface area contributed by atoms with Crippen LogP contribution in [-0.4, -0.2) is 21.3 Å². The van der Waals surface area contributed by atoms with Crippen molar-refractivity contribution in [3.05, 3.63) is 29.0 Å². The molecule has 1 atom stereocenters. The zero-order chi connectivity index (χ0) is 11.3. The lowest BCUT2D eigenvalue weighted by Gasteiger charge is -2.08. The van der Waals surface area contributed by atoms with Crippen LogP contribution in [-0.2, 0) is 10.5 Å². The van der Waals surface area contributed by atoms with Gasteiger partial charge in [-0.05, 0) is 18.6 Å². The van der Waals surface area contributed by atoms with Crippen molar-refractivity contribution in [1.82, 2.24) is 4.98 Å². The Labute approximate surface area is 97.9 Å². The second kappa shape index (κ2) is 5.98. The highest BCUT2D eigenvalue weighted by atomic mass is 35.5. The summed E-state index contributed by atoms with van der Waals surface area (Å²) >= 11 is 7.16. The largest absolute Gasteiger partial charge is 0.480 e. The maximum Gasteiger partial charge on any atom is 0.316 e. The number of aromatic nitrogens is 1. The number of rotatable bonds is 5. The summed E-state index contributed by atoms with van der Waals surface area (Å²) in [7, 11) is 0. The van der Waals surface area contributed by atoms with Gasteiger partial charge in [0.15, 0.2) is 0 Å². The fourth-order valence-corrected chi connectivity index (χ4v) is 2.17. The highest BCUT2D eigenvalue weighted by Gasteiger charge is 2.15. The maximum atomic E-state index is 10.8. The van der Waals surface area contributed by atoms with Crippen molar-refractivity contribution in [3.8, 4) is 0 Å². The molecule has 0 saturated heterocycles. The summed E-state index contributed by atoms with van der Waals surface area (Å²) in [6.45, 7) is 1.86. The van der Waals surface area contributed by atoms with Crippen molar-refractivity contribution in [3.63, 3.8) is 0 Å². The molecule has 1 heterocycles. The van der Waals surface area contributed by atoms with Crippen LogP contribution in [0.25, 0.3) is 0 Å². The summed E-state index contributed by atoms with van der Waals surface area (Å²) < 4.78 is 0. The van der Waals surface area contributed by atoms with E-state index in [9.17, 15) is 4.79 Å². The van der Waals surface area contributed by atoms with E-state index in [1.54, 1.807) is 18.3 Å². The first-order chi connectivity index (χ1) is 7.13. The van der Waals surface area contributed by atoms with Gasteiger partial charge in [-0.15, -0.1) is 11.8 Å². The highest BCUT2D eigenvalue weighted by Crippen LogP contribution is 2.20. The third kappa shape index (κ3) is 4.10. The Morgan fingerprint density at radius 2 is 2.47 bits per heavy atom. The molecule has 82 valence electrons. The summed E-state index contributed by atoms with van der Waals surface area (Å²) in [6.07, 6.45) is 2.24.